The first-order chi connectivity index (χ1) is 13.1. The molecule has 3 rings (SSSR count). The molecule has 2 fully saturated rings. The number of carbonyl (C=O) groups is 1. The molecule has 0 radical (unpaired) electrons. The molecule has 1 unspecified atom stereocenters. The lowest BCUT2D eigenvalue weighted by atomic mass is 10.1. The highest BCUT2D eigenvalue weighted by atomic mass is 16.6. The summed E-state index contributed by atoms with van der Waals surface area (Å²) in [4.78, 5) is 36.4. The van der Waals surface area contributed by atoms with E-state index in [1.807, 2.05) is 16.7 Å². The highest BCUT2D eigenvalue weighted by molar-refractivity contribution is 5.81. The van der Waals surface area contributed by atoms with Crippen molar-refractivity contribution in [2.75, 3.05) is 30.0 Å². The minimum absolute atomic E-state index is 0.0362. The standard InChI is InChI=1S/C18H27N5O4/c1-3-14(17(24)27-2)22(13-8-4-5-9-13)16-15(23(25)26)12-19-18(20-16)21-10-6-7-11-21/h12-14H,3-11H2,1-2H3. The normalized spacial score (nSPS) is 18.5. The number of nitro groups is 1. The van der Waals surface area contributed by atoms with Crippen molar-refractivity contribution < 1.29 is 14.5 Å². The number of nitrogens with zero attached hydrogens (tertiary/aromatic N) is 5. The van der Waals surface area contributed by atoms with Crippen molar-refractivity contribution >= 4 is 23.4 Å². The fraction of sp³-hybridized carbons (Fsp3) is 0.722. The number of hydrogen-bond acceptors (Lipinski definition) is 8. The third-order valence-corrected chi connectivity index (χ3v) is 5.48. The molecule has 9 nitrogen and oxygen atoms in total. The van der Waals surface area contributed by atoms with Crippen molar-refractivity contribution in [3.63, 3.8) is 0 Å². The van der Waals surface area contributed by atoms with E-state index in [0.717, 1.165) is 51.6 Å². The Balaban J connectivity index is 2.08. The van der Waals surface area contributed by atoms with E-state index >= 15 is 0 Å². The third-order valence-electron chi connectivity index (χ3n) is 5.48. The molecule has 0 N–H and O–H groups in total. The van der Waals surface area contributed by atoms with Gasteiger partial charge >= 0.3 is 11.7 Å². The largest absolute Gasteiger partial charge is 0.467 e. The zero-order valence-corrected chi connectivity index (χ0v) is 16.0. The number of methoxy groups -OCH3 is 1. The lowest BCUT2D eigenvalue weighted by Crippen LogP contribution is -2.48. The predicted octanol–water partition coefficient (Wildman–Crippen LogP) is 2.69. The Morgan fingerprint density at radius 1 is 1.37 bits per heavy atom. The number of ether oxygens (including phenoxy) is 1. The van der Waals surface area contributed by atoms with E-state index < -0.39 is 11.0 Å². The molecule has 27 heavy (non-hydrogen) atoms. The molecule has 2 aliphatic rings. The molecule has 0 amide bonds. The molecule has 1 aromatic heterocycles. The molecular formula is C18H27N5O4. The van der Waals surface area contributed by atoms with Crippen LogP contribution < -0.4 is 9.80 Å². The fourth-order valence-corrected chi connectivity index (χ4v) is 4.12. The lowest BCUT2D eigenvalue weighted by molar-refractivity contribution is -0.384. The molecule has 9 heteroatoms. The van der Waals surface area contributed by atoms with Crippen LogP contribution in [0.4, 0.5) is 17.5 Å². The number of carbonyl (C=O) groups excluding carboxylic acids is 1. The zero-order chi connectivity index (χ0) is 19.4. The van der Waals surface area contributed by atoms with Gasteiger partial charge in [-0.3, -0.25) is 10.1 Å². The summed E-state index contributed by atoms with van der Waals surface area (Å²) in [6, 6.07) is -0.563. The summed E-state index contributed by atoms with van der Waals surface area (Å²) in [5.74, 6) is 0.344. The average molecular weight is 377 g/mol. The lowest BCUT2D eigenvalue weighted by Gasteiger charge is -2.35. The van der Waals surface area contributed by atoms with Crippen LogP contribution in [0.3, 0.4) is 0 Å². The van der Waals surface area contributed by atoms with E-state index in [1.165, 1.54) is 13.3 Å². The first-order valence-corrected chi connectivity index (χ1v) is 9.69. The van der Waals surface area contributed by atoms with Crippen LogP contribution in [0.5, 0.6) is 0 Å². The Hall–Kier alpha value is -2.45. The van der Waals surface area contributed by atoms with Gasteiger partial charge in [-0.1, -0.05) is 19.8 Å². The number of hydrogen-bond donors (Lipinski definition) is 0. The fourth-order valence-electron chi connectivity index (χ4n) is 4.12. The summed E-state index contributed by atoms with van der Waals surface area (Å²) in [5.41, 5.74) is -0.160. The van der Waals surface area contributed by atoms with Gasteiger partial charge in [0.05, 0.1) is 12.0 Å². The summed E-state index contributed by atoms with van der Waals surface area (Å²) < 4.78 is 4.99. The highest BCUT2D eigenvalue weighted by Crippen LogP contribution is 2.36. The van der Waals surface area contributed by atoms with E-state index in [4.69, 9.17) is 4.74 Å². The first kappa shape index (κ1) is 19.3. The Labute approximate surface area is 158 Å². The highest BCUT2D eigenvalue weighted by Gasteiger charge is 2.38. The van der Waals surface area contributed by atoms with Crippen molar-refractivity contribution in [3.8, 4) is 0 Å². The van der Waals surface area contributed by atoms with Gasteiger partial charge in [0, 0.05) is 19.1 Å². The SMILES string of the molecule is CCC(C(=O)OC)N(c1nc(N2CCCC2)ncc1[N+](=O)[O-])C1CCCC1. The molecule has 148 valence electrons. The molecule has 1 saturated heterocycles. The van der Waals surface area contributed by atoms with Gasteiger partial charge in [-0.15, -0.1) is 0 Å². The second kappa shape index (κ2) is 8.49. The molecular weight excluding hydrogens is 350 g/mol. The summed E-state index contributed by atoms with van der Waals surface area (Å²) in [5, 5.41) is 11.7. The maximum absolute atomic E-state index is 12.4. The van der Waals surface area contributed by atoms with Crippen molar-refractivity contribution in [1.82, 2.24) is 9.97 Å². The van der Waals surface area contributed by atoms with Crippen molar-refractivity contribution in [3.05, 3.63) is 16.3 Å². The summed E-state index contributed by atoms with van der Waals surface area (Å²) >= 11 is 0. The van der Waals surface area contributed by atoms with Crippen LogP contribution in [-0.4, -0.2) is 53.1 Å². The number of esters is 1. The van der Waals surface area contributed by atoms with Gasteiger partial charge in [-0.05, 0) is 32.1 Å². The van der Waals surface area contributed by atoms with Gasteiger partial charge in [-0.2, -0.15) is 4.98 Å². The number of anilines is 2. The Bertz CT molecular complexity index is 686. The number of aromatic nitrogens is 2. The van der Waals surface area contributed by atoms with E-state index in [-0.39, 0.29) is 23.5 Å². The van der Waals surface area contributed by atoms with Crippen molar-refractivity contribution in [1.29, 1.82) is 0 Å². The van der Waals surface area contributed by atoms with Crippen LogP contribution in [0.15, 0.2) is 6.20 Å². The minimum atomic E-state index is -0.599. The van der Waals surface area contributed by atoms with E-state index in [2.05, 4.69) is 9.97 Å². The molecule has 1 atom stereocenters. The smallest absolute Gasteiger partial charge is 0.329 e. The van der Waals surface area contributed by atoms with E-state index in [9.17, 15) is 14.9 Å². The molecule has 0 aromatic carbocycles. The third kappa shape index (κ3) is 3.96. The van der Waals surface area contributed by atoms with Gasteiger partial charge in [0.2, 0.25) is 11.8 Å². The summed E-state index contributed by atoms with van der Waals surface area (Å²) in [7, 11) is 1.35. The van der Waals surface area contributed by atoms with Crippen LogP contribution in [0.1, 0.15) is 51.9 Å². The van der Waals surface area contributed by atoms with Crippen LogP contribution in [0.2, 0.25) is 0 Å². The van der Waals surface area contributed by atoms with Crippen molar-refractivity contribution in [2.45, 2.75) is 64.0 Å². The Kier molecular flexibility index (Phi) is 6.08. The Morgan fingerprint density at radius 3 is 2.59 bits per heavy atom. The molecule has 0 bridgehead atoms. The van der Waals surface area contributed by atoms with Crippen LogP contribution in [0.25, 0.3) is 0 Å². The monoisotopic (exact) mass is 377 g/mol. The second-order valence-corrected chi connectivity index (χ2v) is 7.12. The van der Waals surface area contributed by atoms with E-state index in [0.29, 0.717) is 12.4 Å². The van der Waals surface area contributed by atoms with E-state index in [1.54, 1.807) is 0 Å². The molecule has 1 aliphatic carbocycles. The van der Waals surface area contributed by atoms with Crippen molar-refractivity contribution in [2.24, 2.45) is 0 Å². The maximum atomic E-state index is 12.4. The van der Waals surface area contributed by atoms with Crippen LogP contribution >= 0.6 is 0 Å². The van der Waals surface area contributed by atoms with Gasteiger partial charge in [-0.25, -0.2) is 9.78 Å². The van der Waals surface area contributed by atoms with Gasteiger partial charge in [0.1, 0.15) is 12.2 Å². The van der Waals surface area contributed by atoms with Crippen LogP contribution in [0, 0.1) is 10.1 Å². The van der Waals surface area contributed by atoms with Crippen LogP contribution in [-0.2, 0) is 9.53 Å². The minimum Gasteiger partial charge on any atom is -0.467 e. The second-order valence-electron chi connectivity index (χ2n) is 7.12. The van der Waals surface area contributed by atoms with Gasteiger partial charge < -0.3 is 14.5 Å². The van der Waals surface area contributed by atoms with Gasteiger partial charge in [0.15, 0.2) is 0 Å². The first-order valence-electron chi connectivity index (χ1n) is 9.69. The predicted molar refractivity (Wildman–Crippen MR) is 101 cm³/mol. The maximum Gasteiger partial charge on any atom is 0.329 e. The molecule has 2 heterocycles. The average Bonchev–Trinajstić information content (AvgIpc) is 3.38. The molecule has 1 aliphatic heterocycles. The molecule has 1 saturated carbocycles. The van der Waals surface area contributed by atoms with Gasteiger partial charge in [0.25, 0.3) is 0 Å². The quantitative estimate of drug-likeness (QED) is 0.406. The molecule has 0 spiro atoms. The molecule has 1 aromatic rings. The Morgan fingerprint density at radius 2 is 2.04 bits per heavy atom. The zero-order valence-electron chi connectivity index (χ0n) is 16.0. The number of rotatable bonds is 7. The summed E-state index contributed by atoms with van der Waals surface area (Å²) in [6.07, 6.45) is 7.73. The topological polar surface area (TPSA) is 102 Å². The summed E-state index contributed by atoms with van der Waals surface area (Å²) in [6.45, 7) is 3.57.